The maximum atomic E-state index is 12.5. The molecule has 1 heterocycles. The molecule has 0 aromatic heterocycles. The van der Waals surface area contributed by atoms with E-state index < -0.39 is 0 Å². The maximum absolute atomic E-state index is 12.5. The quantitative estimate of drug-likeness (QED) is 0.861. The highest BCUT2D eigenvalue weighted by Gasteiger charge is 2.30. The minimum Gasteiger partial charge on any atom is -0.399 e. The third kappa shape index (κ3) is 2.39. The molecule has 1 unspecified atom stereocenters. The molecule has 0 saturated carbocycles. The van der Waals surface area contributed by atoms with Gasteiger partial charge in [0.1, 0.15) is 0 Å². The van der Waals surface area contributed by atoms with Crippen molar-refractivity contribution in [1.82, 2.24) is 0 Å². The molecule has 3 nitrogen and oxygen atoms in total. The number of carbonyl (C=O) groups excluding carboxylic acids is 1. The van der Waals surface area contributed by atoms with Crippen LogP contribution >= 0.6 is 11.8 Å². The van der Waals surface area contributed by atoms with Gasteiger partial charge >= 0.3 is 0 Å². The van der Waals surface area contributed by atoms with Crippen molar-refractivity contribution in [1.29, 1.82) is 0 Å². The van der Waals surface area contributed by atoms with E-state index in [1.54, 1.807) is 11.8 Å². The summed E-state index contributed by atoms with van der Waals surface area (Å²) in [6, 6.07) is 15.8. The Kier molecular flexibility index (Phi) is 3.40. The van der Waals surface area contributed by atoms with Gasteiger partial charge < -0.3 is 10.6 Å². The van der Waals surface area contributed by atoms with Gasteiger partial charge in [0, 0.05) is 10.6 Å². The van der Waals surface area contributed by atoms with Gasteiger partial charge in [-0.15, -0.1) is 11.8 Å². The van der Waals surface area contributed by atoms with Crippen molar-refractivity contribution >= 4 is 29.0 Å². The number of hydrogen-bond donors (Lipinski definition) is 1. The Morgan fingerprint density at radius 3 is 2.70 bits per heavy atom. The van der Waals surface area contributed by atoms with Gasteiger partial charge in [0.25, 0.3) is 0 Å². The van der Waals surface area contributed by atoms with Crippen LogP contribution in [0.4, 0.5) is 11.4 Å². The number of amides is 1. The molecule has 2 aromatic carbocycles. The molecule has 0 saturated heterocycles. The number of hydrogen-bond acceptors (Lipinski definition) is 3. The summed E-state index contributed by atoms with van der Waals surface area (Å²) in [7, 11) is 0. The molecule has 2 aromatic rings. The van der Waals surface area contributed by atoms with Crippen LogP contribution in [0.15, 0.2) is 53.4 Å². The van der Waals surface area contributed by atoms with E-state index in [2.05, 4.69) is 0 Å². The second kappa shape index (κ2) is 5.21. The molecule has 0 spiro atoms. The van der Waals surface area contributed by atoms with Gasteiger partial charge in [-0.05, 0) is 30.7 Å². The second-order valence-electron chi connectivity index (χ2n) is 4.90. The number of nitrogens with zero attached hydrogens (tertiary/aromatic N) is 1. The average molecular weight is 284 g/mol. The fourth-order valence-corrected chi connectivity index (χ4v) is 3.40. The molecule has 0 radical (unpaired) electrons. The number of nitrogen functional groups attached to an aromatic ring is 1. The highest BCUT2D eigenvalue weighted by atomic mass is 32.2. The summed E-state index contributed by atoms with van der Waals surface area (Å²) in [5.74, 6) is 0.136. The first kappa shape index (κ1) is 13.1. The fraction of sp³-hybridized carbons (Fsp3) is 0.188. The van der Waals surface area contributed by atoms with E-state index in [9.17, 15) is 4.79 Å². The number of rotatable bonds is 2. The number of fused-ring (bicyclic) bond motifs is 1. The zero-order valence-corrected chi connectivity index (χ0v) is 12.1. The Labute approximate surface area is 122 Å². The molecule has 102 valence electrons. The van der Waals surface area contributed by atoms with E-state index >= 15 is 0 Å². The Morgan fingerprint density at radius 2 is 1.95 bits per heavy atom. The number of nitrogens with two attached hydrogens (primary N) is 1. The van der Waals surface area contributed by atoms with Crippen LogP contribution in [0.5, 0.6) is 0 Å². The fourth-order valence-electron chi connectivity index (χ4n) is 2.35. The molecule has 1 amide bonds. The first-order valence-corrected chi connectivity index (χ1v) is 7.44. The third-order valence-corrected chi connectivity index (χ3v) is 4.53. The van der Waals surface area contributed by atoms with Crippen molar-refractivity contribution in [3.05, 3.63) is 54.1 Å². The molecule has 20 heavy (non-hydrogen) atoms. The average Bonchev–Trinajstić information content (AvgIpc) is 2.46. The van der Waals surface area contributed by atoms with Crippen LogP contribution in [-0.2, 0) is 11.3 Å². The summed E-state index contributed by atoms with van der Waals surface area (Å²) in [6.07, 6.45) is 0. The molecule has 0 bridgehead atoms. The van der Waals surface area contributed by atoms with Crippen LogP contribution in [0.2, 0.25) is 0 Å². The van der Waals surface area contributed by atoms with Crippen molar-refractivity contribution < 1.29 is 4.79 Å². The minimum atomic E-state index is -0.0603. The molecule has 1 aliphatic heterocycles. The number of anilines is 2. The predicted molar refractivity (Wildman–Crippen MR) is 83.8 cm³/mol. The highest BCUT2D eigenvalue weighted by molar-refractivity contribution is 8.00. The summed E-state index contributed by atoms with van der Waals surface area (Å²) >= 11 is 1.60. The monoisotopic (exact) mass is 284 g/mol. The van der Waals surface area contributed by atoms with Crippen LogP contribution in [0.3, 0.4) is 0 Å². The summed E-state index contributed by atoms with van der Waals surface area (Å²) in [6.45, 7) is 2.53. The molecule has 0 aliphatic carbocycles. The lowest BCUT2D eigenvalue weighted by atomic mass is 10.1. The first-order chi connectivity index (χ1) is 9.65. The van der Waals surface area contributed by atoms with E-state index in [1.807, 2.05) is 60.4 Å². The van der Waals surface area contributed by atoms with Crippen LogP contribution in [-0.4, -0.2) is 11.2 Å². The Hall–Kier alpha value is -1.94. The van der Waals surface area contributed by atoms with E-state index in [0.29, 0.717) is 12.2 Å². The SMILES string of the molecule is CC1Sc2ccc(N)cc2N(Cc2ccccc2)C1=O. The normalized spacial score (nSPS) is 17.9. The van der Waals surface area contributed by atoms with Crippen LogP contribution in [0.1, 0.15) is 12.5 Å². The van der Waals surface area contributed by atoms with E-state index in [1.165, 1.54) is 0 Å². The van der Waals surface area contributed by atoms with Crippen LogP contribution in [0, 0.1) is 0 Å². The lowest BCUT2D eigenvalue weighted by molar-refractivity contribution is -0.118. The Balaban J connectivity index is 2.00. The van der Waals surface area contributed by atoms with Crippen molar-refractivity contribution in [2.75, 3.05) is 10.6 Å². The van der Waals surface area contributed by atoms with Gasteiger partial charge in [-0.25, -0.2) is 0 Å². The first-order valence-electron chi connectivity index (χ1n) is 6.56. The summed E-state index contributed by atoms with van der Waals surface area (Å²) < 4.78 is 0. The Bertz CT molecular complexity index is 642. The molecule has 2 N–H and O–H groups in total. The maximum Gasteiger partial charge on any atom is 0.240 e. The van der Waals surface area contributed by atoms with E-state index in [0.717, 1.165) is 16.1 Å². The summed E-state index contributed by atoms with van der Waals surface area (Å²) in [5, 5.41) is -0.0603. The Morgan fingerprint density at radius 1 is 1.20 bits per heavy atom. The molecular weight excluding hydrogens is 268 g/mol. The molecule has 3 rings (SSSR count). The lowest BCUT2D eigenvalue weighted by Crippen LogP contribution is -2.39. The number of benzene rings is 2. The lowest BCUT2D eigenvalue weighted by Gasteiger charge is -2.32. The highest BCUT2D eigenvalue weighted by Crippen LogP contribution is 2.40. The summed E-state index contributed by atoms with van der Waals surface area (Å²) in [5.41, 5.74) is 8.59. The standard InChI is InChI=1S/C16H16N2OS/c1-11-16(19)18(10-12-5-3-2-4-6-12)14-9-13(17)7-8-15(14)20-11/h2-9,11H,10,17H2,1H3. The van der Waals surface area contributed by atoms with E-state index in [4.69, 9.17) is 5.73 Å². The minimum absolute atomic E-state index is 0.0603. The van der Waals surface area contributed by atoms with Crippen molar-refractivity contribution in [3.63, 3.8) is 0 Å². The van der Waals surface area contributed by atoms with Gasteiger partial charge in [-0.1, -0.05) is 30.3 Å². The molecular formula is C16H16N2OS. The zero-order valence-electron chi connectivity index (χ0n) is 11.2. The second-order valence-corrected chi connectivity index (χ2v) is 6.28. The molecule has 0 fully saturated rings. The molecule has 1 aliphatic rings. The number of carbonyl (C=O) groups is 1. The van der Waals surface area contributed by atoms with Crippen molar-refractivity contribution in [2.24, 2.45) is 0 Å². The topological polar surface area (TPSA) is 46.3 Å². The van der Waals surface area contributed by atoms with Crippen LogP contribution in [0.25, 0.3) is 0 Å². The number of thioether (sulfide) groups is 1. The van der Waals surface area contributed by atoms with Gasteiger partial charge in [0.2, 0.25) is 5.91 Å². The third-order valence-electron chi connectivity index (χ3n) is 3.37. The predicted octanol–water partition coefficient (Wildman–Crippen LogP) is 3.30. The largest absolute Gasteiger partial charge is 0.399 e. The van der Waals surface area contributed by atoms with Crippen molar-refractivity contribution in [2.45, 2.75) is 23.6 Å². The van der Waals surface area contributed by atoms with Gasteiger partial charge in [0.05, 0.1) is 17.5 Å². The molecule has 4 heteroatoms. The zero-order chi connectivity index (χ0) is 14.1. The van der Waals surface area contributed by atoms with Crippen LogP contribution < -0.4 is 10.6 Å². The van der Waals surface area contributed by atoms with Crippen molar-refractivity contribution in [3.8, 4) is 0 Å². The molecule has 1 atom stereocenters. The van der Waals surface area contributed by atoms with E-state index in [-0.39, 0.29) is 11.2 Å². The summed E-state index contributed by atoms with van der Waals surface area (Å²) in [4.78, 5) is 15.4. The smallest absolute Gasteiger partial charge is 0.240 e. The van der Waals surface area contributed by atoms with Gasteiger partial charge in [-0.3, -0.25) is 4.79 Å². The van der Waals surface area contributed by atoms with Gasteiger partial charge in [-0.2, -0.15) is 0 Å². The van der Waals surface area contributed by atoms with Gasteiger partial charge in [0.15, 0.2) is 0 Å².